The van der Waals surface area contributed by atoms with Gasteiger partial charge in [0.15, 0.2) is 0 Å². The minimum atomic E-state index is -1.17. The highest BCUT2D eigenvalue weighted by molar-refractivity contribution is 5.97. The van der Waals surface area contributed by atoms with Crippen LogP contribution in [0.1, 0.15) is 21.5 Å². The summed E-state index contributed by atoms with van der Waals surface area (Å²) in [5.41, 5.74) is 2.37. The Hall–Kier alpha value is -3.14. The zero-order chi connectivity index (χ0) is 17.8. The van der Waals surface area contributed by atoms with E-state index in [0.717, 1.165) is 11.6 Å². The van der Waals surface area contributed by atoms with Crippen LogP contribution in [0.4, 0.5) is 4.39 Å². The summed E-state index contributed by atoms with van der Waals surface area (Å²) in [4.78, 5) is 11.5. The van der Waals surface area contributed by atoms with Gasteiger partial charge in [0.1, 0.15) is 18.2 Å². The highest BCUT2D eigenvalue weighted by atomic mass is 19.1. The number of ether oxygens (including phenoxy) is 1. The van der Waals surface area contributed by atoms with E-state index >= 15 is 0 Å². The van der Waals surface area contributed by atoms with Crippen molar-refractivity contribution >= 4 is 5.97 Å². The van der Waals surface area contributed by atoms with Gasteiger partial charge in [-0.2, -0.15) is 0 Å². The maximum absolute atomic E-state index is 13.8. The minimum absolute atomic E-state index is 0.0844. The topological polar surface area (TPSA) is 46.5 Å². The number of aromatic carboxylic acids is 1. The van der Waals surface area contributed by atoms with Crippen LogP contribution in [0.25, 0.3) is 11.1 Å². The molecule has 3 rings (SSSR count). The standard InChI is InChI=1S/C21H17FO3/c1-14-11-17(18(21(23)24)12-19(14)22)16-9-5-6-10-20(16)25-13-15-7-3-2-4-8-15/h2-12H,13H2,1H3,(H,23,24). The quantitative estimate of drug-likeness (QED) is 0.707. The third-order valence-corrected chi connectivity index (χ3v) is 3.94. The largest absolute Gasteiger partial charge is 0.488 e. The second-order valence-corrected chi connectivity index (χ2v) is 5.72. The molecule has 0 spiro atoms. The molecule has 0 aromatic heterocycles. The van der Waals surface area contributed by atoms with E-state index < -0.39 is 11.8 Å². The van der Waals surface area contributed by atoms with Crippen LogP contribution in [0.15, 0.2) is 66.7 Å². The molecule has 126 valence electrons. The van der Waals surface area contributed by atoms with Crippen LogP contribution in [0.5, 0.6) is 5.75 Å². The molecule has 3 aromatic rings. The van der Waals surface area contributed by atoms with Gasteiger partial charge in [-0.15, -0.1) is 0 Å². The first kappa shape index (κ1) is 16.7. The Balaban J connectivity index is 2.01. The Morgan fingerprint density at radius 1 is 1.00 bits per heavy atom. The van der Waals surface area contributed by atoms with E-state index in [4.69, 9.17) is 4.74 Å². The van der Waals surface area contributed by atoms with E-state index in [-0.39, 0.29) is 5.56 Å². The van der Waals surface area contributed by atoms with Gasteiger partial charge >= 0.3 is 5.97 Å². The number of para-hydroxylation sites is 1. The maximum Gasteiger partial charge on any atom is 0.336 e. The van der Waals surface area contributed by atoms with E-state index in [1.165, 1.54) is 0 Å². The minimum Gasteiger partial charge on any atom is -0.488 e. The first-order chi connectivity index (χ1) is 12.1. The van der Waals surface area contributed by atoms with E-state index in [9.17, 15) is 14.3 Å². The van der Waals surface area contributed by atoms with E-state index in [1.807, 2.05) is 36.4 Å². The summed E-state index contributed by atoms with van der Waals surface area (Å²) in [5, 5.41) is 9.43. The molecule has 0 saturated heterocycles. The van der Waals surface area contributed by atoms with Crippen molar-refractivity contribution in [3.05, 3.63) is 89.2 Å². The number of hydrogen-bond donors (Lipinski definition) is 1. The molecule has 3 nitrogen and oxygen atoms in total. The zero-order valence-electron chi connectivity index (χ0n) is 13.7. The highest BCUT2D eigenvalue weighted by Gasteiger charge is 2.17. The molecule has 0 aliphatic rings. The lowest BCUT2D eigenvalue weighted by atomic mass is 9.96. The van der Waals surface area contributed by atoms with Crippen molar-refractivity contribution in [3.63, 3.8) is 0 Å². The Morgan fingerprint density at radius 3 is 2.40 bits per heavy atom. The van der Waals surface area contributed by atoms with Crippen molar-refractivity contribution in [1.82, 2.24) is 0 Å². The predicted molar refractivity (Wildman–Crippen MR) is 94.3 cm³/mol. The second-order valence-electron chi connectivity index (χ2n) is 5.72. The average Bonchev–Trinajstić information content (AvgIpc) is 2.63. The molecule has 0 fully saturated rings. The molecular weight excluding hydrogens is 319 g/mol. The number of hydrogen-bond acceptors (Lipinski definition) is 2. The summed E-state index contributed by atoms with van der Waals surface area (Å²) in [7, 11) is 0. The maximum atomic E-state index is 13.8. The number of benzene rings is 3. The molecule has 0 atom stereocenters. The lowest BCUT2D eigenvalue weighted by Crippen LogP contribution is -2.03. The summed E-state index contributed by atoms with van der Waals surface area (Å²) in [6, 6.07) is 19.5. The van der Waals surface area contributed by atoms with Gasteiger partial charge in [-0.3, -0.25) is 0 Å². The third kappa shape index (κ3) is 3.69. The molecular formula is C21H17FO3. The van der Waals surface area contributed by atoms with Crippen LogP contribution in [0.2, 0.25) is 0 Å². The lowest BCUT2D eigenvalue weighted by Gasteiger charge is -2.14. The van der Waals surface area contributed by atoms with Crippen molar-refractivity contribution in [3.8, 4) is 16.9 Å². The molecule has 0 bridgehead atoms. The van der Waals surface area contributed by atoms with Gasteiger partial charge in [0, 0.05) is 11.1 Å². The molecule has 0 aliphatic carbocycles. The van der Waals surface area contributed by atoms with Gasteiger partial charge in [0.2, 0.25) is 0 Å². The number of aryl methyl sites for hydroxylation is 1. The molecule has 0 amide bonds. The number of carboxylic acids is 1. The van der Waals surface area contributed by atoms with E-state index in [0.29, 0.717) is 29.0 Å². The average molecular weight is 336 g/mol. The fourth-order valence-electron chi connectivity index (χ4n) is 2.63. The normalized spacial score (nSPS) is 10.5. The number of rotatable bonds is 5. The van der Waals surface area contributed by atoms with E-state index in [1.54, 1.807) is 31.2 Å². The SMILES string of the molecule is Cc1cc(-c2ccccc2OCc2ccccc2)c(C(=O)O)cc1F. The van der Waals surface area contributed by atoms with Crippen LogP contribution in [0.3, 0.4) is 0 Å². The lowest BCUT2D eigenvalue weighted by molar-refractivity contribution is 0.0697. The Labute approximate surface area is 145 Å². The molecule has 0 radical (unpaired) electrons. The Bertz CT molecular complexity index is 904. The van der Waals surface area contributed by atoms with Gasteiger partial charge in [-0.05, 0) is 36.2 Å². The first-order valence-electron chi connectivity index (χ1n) is 7.86. The summed E-state index contributed by atoms with van der Waals surface area (Å²) >= 11 is 0. The highest BCUT2D eigenvalue weighted by Crippen LogP contribution is 2.34. The summed E-state index contributed by atoms with van der Waals surface area (Å²) in [6.45, 7) is 1.97. The van der Waals surface area contributed by atoms with Gasteiger partial charge in [-0.1, -0.05) is 48.5 Å². The molecule has 4 heteroatoms. The number of carbonyl (C=O) groups is 1. The molecule has 0 heterocycles. The van der Waals surface area contributed by atoms with Crippen molar-refractivity contribution in [2.45, 2.75) is 13.5 Å². The zero-order valence-corrected chi connectivity index (χ0v) is 13.7. The van der Waals surface area contributed by atoms with Crippen LogP contribution in [-0.2, 0) is 6.61 Å². The molecule has 0 saturated carbocycles. The van der Waals surface area contributed by atoms with Crippen molar-refractivity contribution in [1.29, 1.82) is 0 Å². The van der Waals surface area contributed by atoms with Crippen LogP contribution in [-0.4, -0.2) is 11.1 Å². The predicted octanol–water partition coefficient (Wildman–Crippen LogP) is 5.08. The second kappa shape index (κ2) is 7.18. The van der Waals surface area contributed by atoms with Crippen molar-refractivity contribution in [2.75, 3.05) is 0 Å². The third-order valence-electron chi connectivity index (χ3n) is 3.94. The number of halogens is 1. The Kier molecular flexibility index (Phi) is 4.80. The van der Waals surface area contributed by atoms with Crippen molar-refractivity contribution in [2.24, 2.45) is 0 Å². The van der Waals surface area contributed by atoms with Gasteiger partial charge in [0.05, 0.1) is 5.56 Å². The molecule has 0 aliphatic heterocycles. The van der Waals surface area contributed by atoms with Gasteiger partial charge in [-0.25, -0.2) is 9.18 Å². The Morgan fingerprint density at radius 2 is 1.68 bits per heavy atom. The summed E-state index contributed by atoms with van der Waals surface area (Å²) in [5.74, 6) is -1.16. The molecule has 3 aromatic carbocycles. The first-order valence-corrected chi connectivity index (χ1v) is 7.86. The van der Waals surface area contributed by atoms with Gasteiger partial charge in [0.25, 0.3) is 0 Å². The molecule has 25 heavy (non-hydrogen) atoms. The smallest absolute Gasteiger partial charge is 0.336 e. The molecule has 1 N–H and O–H groups in total. The number of carboxylic acid groups (broad SMARTS) is 1. The van der Waals surface area contributed by atoms with Crippen LogP contribution >= 0.6 is 0 Å². The fourth-order valence-corrected chi connectivity index (χ4v) is 2.63. The van der Waals surface area contributed by atoms with E-state index in [2.05, 4.69) is 0 Å². The monoisotopic (exact) mass is 336 g/mol. The van der Waals surface area contributed by atoms with Crippen LogP contribution in [0, 0.1) is 12.7 Å². The fraction of sp³-hybridized carbons (Fsp3) is 0.0952. The van der Waals surface area contributed by atoms with Crippen LogP contribution < -0.4 is 4.74 Å². The summed E-state index contributed by atoms with van der Waals surface area (Å²) < 4.78 is 19.7. The van der Waals surface area contributed by atoms with Crippen molar-refractivity contribution < 1.29 is 19.0 Å². The molecule has 0 unspecified atom stereocenters. The van der Waals surface area contributed by atoms with Gasteiger partial charge < -0.3 is 9.84 Å². The summed E-state index contributed by atoms with van der Waals surface area (Å²) in [6.07, 6.45) is 0.